The van der Waals surface area contributed by atoms with E-state index in [1.165, 1.54) is 31.4 Å². The van der Waals surface area contributed by atoms with Gasteiger partial charge in [0.1, 0.15) is 23.3 Å². The molecule has 0 aliphatic heterocycles. The molecule has 2 aromatic rings. The molecule has 0 fully saturated rings. The molecular formula is C29H42F3N3O4. The number of rotatable bonds is 15. The second kappa shape index (κ2) is 14.9. The second-order valence-corrected chi connectivity index (χ2v) is 10.4. The Kier molecular flexibility index (Phi) is 12.2. The van der Waals surface area contributed by atoms with Crippen LogP contribution >= 0.6 is 0 Å². The van der Waals surface area contributed by atoms with Crippen LogP contribution in [0.3, 0.4) is 0 Å². The number of hydrogen-bond donors (Lipinski definition) is 3. The molecule has 0 aromatic heterocycles. The van der Waals surface area contributed by atoms with Crippen LogP contribution in [0.5, 0.6) is 17.2 Å². The van der Waals surface area contributed by atoms with Crippen LogP contribution in [0.1, 0.15) is 52.1 Å². The maximum absolute atomic E-state index is 14.2. The third-order valence-electron chi connectivity index (χ3n) is 6.22. The molecular weight excluding hydrogens is 511 g/mol. The Morgan fingerprint density at radius 2 is 1.44 bits per heavy atom. The summed E-state index contributed by atoms with van der Waals surface area (Å²) < 4.78 is 58.2. The van der Waals surface area contributed by atoms with Crippen LogP contribution in [-0.4, -0.2) is 52.0 Å². The third kappa shape index (κ3) is 10.2. The fourth-order valence-corrected chi connectivity index (χ4v) is 4.34. The lowest BCUT2D eigenvalue weighted by molar-refractivity contribution is -0.161. The van der Waals surface area contributed by atoms with Crippen LogP contribution in [0, 0.1) is 11.8 Å². The number of carbonyl (C=O) groups excluding carboxylic acids is 1. The molecule has 0 aliphatic carbocycles. The van der Waals surface area contributed by atoms with Crippen LogP contribution in [0.2, 0.25) is 0 Å². The molecule has 0 heterocycles. The molecule has 0 saturated heterocycles. The Morgan fingerprint density at radius 1 is 0.846 bits per heavy atom. The first-order valence-electron chi connectivity index (χ1n) is 13.1. The van der Waals surface area contributed by atoms with E-state index in [-0.39, 0.29) is 29.9 Å². The zero-order valence-corrected chi connectivity index (χ0v) is 23.8. The van der Waals surface area contributed by atoms with Gasteiger partial charge in [-0.25, -0.2) is 0 Å². The first-order chi connectivity index (χ1) is 18.4. The molecule has 39 heavy (non-hydrogen) atoms. The quantitative estimate of drug-likeness (QED) is 0.252. The van der Waals surface area contributed by atoms with Gasteiger partial charge in [-0.05, 0) is 54.5 Å². The molecule has 0 spiro atoms. The smallest absolute Gasteiger partial charge is 0.407 e. The van der Waals surface area contributed by atoms with E-state index < -0.39 is 24.2 Å². The SMILES string of the molecule is COc1ccc([C@H](N[C@@H](CC(C)C)C(=O)N[C@H](CNc2ccc(OC)cc2OC)CC(C)C)C(F)(F)F)cc1. The first kappa shape index (κ1) is 32.1. The number of nitrogens with one attached hydrogen (secondary N) is 3. The number of halogens is 3. The molecule has 218 valence electrons. The number of amides is 1. The van der Waals surface area contributed by atoms with E-state index in [1.54, 1.807) is 26.4 Å². The van der Waals surface area contributed by atoms with Gasteiger partial charge in [0.2, 0.25) is 5.91 Å². The van der Waals surface area contributed by atoms with Crippen LogP contribution in [0.25, 0.3) is 0 Å². The molecule has 1 amide bonds. The van der Waals surface area contributed by atoms with Crippen molar-refractivity contribution in [3.05, 3.63) is 48.0 Å². The Hall–Kier alpha value is -3.14. The van der Waals surface area contributed by atoms with Crippen molar-refractivity contribution in [2.75, 3.05) is 33.2 Å². The highest BCUT2D eigenvalue weighted by molar-refractivity contribution is 5.82. The van der Waals surface area contributed by atoms with E-state index in [9.17, 15) is 18.0 Å². The second-order valence-electron chi connectivity index (χ2n) is 10.4. The van der Waals surface area contributed by atoms with E-state index >= 15 is 0 Å². The van der Waals surface area contributed by atoms with E-state index in [4.69, 9.17) is 14.2 Å². The molecule has 0 saturated carbocycles. The van der Waals surface area contributed by atoms with Crippen molar-refractivity contribution < 1.29 is 32.2 Å². The Bertz CT molecular complexity index is 1030. The summed E-state index contributed by atoms with van der Waals surface area (Å²) in [5, 5.41) is 8.90. The third-order valence-corrected chi connectivity index (χ3v) is 6.22. The maximum atomic E-state index is 14.2. The van der Waals surface area contributed by atoms with Crippen LogP contribution in [0.4, 0.5) is 18.9 Å². The summed E-state index contributed by atoms with van der Waals surface area (Å²) >= 11 is 0. The lowest BCUT2D eigenvalue weighted by Gasteiger charge is -2.30. The zero-order valence-electron chi connectivity index (χ0n) is 23.8. The van der Waals surface area contributed by atoms with Crippen molar-refractivity contribution in [2.24, 2.45) is 11.8 Å². The number of carbonyl (C=O) groups is 1. The average molecular weight is 554 g/mol. The monoisotopic (exact) mass is 553 g/mol. The topological polar surface area (TPSA) is 80.9 Å². The number of ether oxygens (including phenoxy) is 3. The van der Waals surface area contributed by atoms with Crippen molar-refractivity contribution in [3.63, 3.8) is 0 Å². The van der Waals surface area contributed by atoms with Gasteiger partial charge >= 0.3 is 6.18 Å². The minimum atomic E-state index is -4.60. The summed E-state index contributed by atoms with van der Waals surface area (Å²) in [6.07, 6.45) is -3.73. The molecule has 3 N–H and O–H groups in total. The van der Waals surface area contributed by atoms with Gasteiger partial charge in [-0.15, -0.1) is 0 Å². The van der Waals surface area contributed by atoms with Crippen molar-refractivity contribution in [2.45, 2.75) is 64.8 Å². The Balaban J connectivity index is 2.24. The number of benzene rings is 2. The van der Waals surface area contributed by atoms with Crippen molar-refractivity contribution in [3.8, 4) is 17.2 Å². The lowest BCUT2D eigenvalue weighted by atomic mass is 9.98. The summed E-state index contributed by atoms with van der Waals surface area (Å²) in [5.74, 6) is 1.44. The number of anilines is 1. The summed E-state index contributed by atoms with van der Waals surface area (Å²) in [5.41, 5.74) is 0.728. The van der Waals surface area contributed by atoms with E-state index in [1.807, 2.05) is 33.8 Å². The van der Waals surface area contributed by atoms with Crippen molar-refractivity contribution in [1.29, 1.82) is 0 Å². The molecule has 3 atom stereocenters. The van der Waals surface area contributed by atoms with Gasteiger partial charge in [0.25, 0.3) is 0 Å². The summed E-state index contributed by atoms with van der Waals surface area (Å²) in [6, 6.07) is 7.65. The molecule has 2 rings (SSSR count). The molecule has 2 aromatic carbocycles. The first-order valence-corrected chi connectivity index (χ1v) is 13.1. The van der Waals surface area contributed by atoms with E-state index in [0.29, 0.717) is 30.2 Å². The molecule has 7 nitrogen and oxygen atoms in total. The van der Waals surface area contributed by atoms with E-state index in [2.05, 4.69) is 16.0 Å². The van der Waals surface area contributed by atoms with E-state index in [0.717, 1.165) is 5.69 Å². The summed E-state index contributed by atoms with van der Waals surface area (Å²) in [7, 11) is 4.57. The summed E-state index contributed by atoms with van der Waals surface area (Å²) in [4.78, 5) is 13.5. The van der Waals surface area contributed by atoms with Crippen LogP contribution in [0.15, 0.2) is 42.5 Å². The van der Waals surface area contributed by atoms with Crippen molar-refractivity contribution >= 4 is 11.6 Å². The van der Waals surface area contributed by atoms with Gasteiger partial charge in [-0.1, -0.05) is 39.8 Å². The zero-order chi connectivity index (χ0) is 29.2. The minimum Gasteiger partial charge on any atom is -0.497 e. The Labute approximate surface area is 229 Å². The molecule has 0 unspecified atom stereocenters. The maximum Gasteiger partial charge on any atom is 0.407 e. The predicted octanol–water partition coefficient (Wildman–Crippen LogP) is 5.96. The average Bonchev–Trinajstić information content (AvgIpc) is 2.88. The highest BCUT2D eigenvalue weighted by atomic mass is 19.4. The molecule has 0 radical (unpaired) electrons. The molecule has 10 heteroatoms. The van der Waals surface area contributed by atoms with Gasteiger partial charge in [0.15, 0.2) is 0 Å². The fraction of sp³-hybridized carbons (Fsp3) is 0.552. The number of alkyl halides is 3. The fourth-order valence-electron chi connectivity index (χ4n) is 4.34. The molecule has 0 aliphatic rings. The largest absolute Gasteiger partial charge is 0.497 e. The molecule has 0 bridgehead atoms. The highest BCUT2D eigenvalue weighted by Gasteiger charge is 2.43. The van der Waals surface area contributed by atoms with Crippen LogP contribution in [-0.2, 0) is 4.79 Å². The van der Waals surface area contributed by atoms with Crippen molar-refractivity contribution in [1.82, 2.24) is 10.6 Å². The lowest BCUT2D eigenvalue weighted by Crippen LogP contribution is -2.53. The number of hydrogen-bond acceptors (Lipinski definition) is 6. The normalized spacial score (nSPS) is 14.1. The predicted molar refractivity (Wildman–Crippen MR) is 148 cm³/mol. The van der Waals surface area contributed by atoms with Gasteiger partial charge in [0.05, 0.1) is 33.1 Å². The van der Waals surface area contributed by atoms with Gasteiger partial charge in [-0.2, -0.15) is 13.2 Å². The van der Waals surface area contributed by atoms with Gasteiger partial charge < -0.3 is 24.8 Å². The Morgan fingerprint density at radius 3 is 1.95 bits per heavy atom. The van der Waals surface area contributed by atoms with Gasteiger partial charge in [0, 0.05) is 18.7 Å². The summed E-state index contributed by atoms with van der Waals surface area (Å²) in [6.45, 7) is 8.17. The number of methoxy groups -OCH3 is 3. The minimum absolute atomic E-state index is 0.0109. The standard InChI is InChI=1S/C29H42F3N3O4/c1-18(2)14-21(17-33-24-13-12-23(38-6)16-26(24)39-7)34-28(36)25(15-19(3)4)35-27(29(30,31)32)20-8-10-22(37-5)11-9-20/h8-13,16,18-19,21,25,27,33,35H,14-15,17H2,1-7H3,(H,34,36)/t21-,25-,27-/m0/s1. The van der Waals surface area contributed by atoms with Crippen LogP contribution < -0.4 is 30.2 Å². The van der Waals surface area contributed by atoms with Gasteiger partial charge in [-0.3, -0.25) is 10.1 Å². The highest BCUT2D eigenvalue weighted by Crippen LogP contribution is 2.34.